The minimum atomic E-state index is 0.720. The maximum Gasteiger partial charge on any atom is 0.0476 e. The number of halogens is 1. The summed E-state index contributed by atoms with van der Waals surface area (Å²) in [5.74, 6) is 0. The third-order valence-electron chi connectivity index (χ3n) is 2.08. The van der Waals surface area contributed by atoms with Crippen LogP contribution in [0.3, 0.4) is 0 Å². The third kappa shape index (κ3) is 3.59. The van der Waals surface area contributed by atoms with Crippen LogP contribution < -0.4 is 5.73 Å². The maximum absolute atomic E-state index is 5.39. The van der Waals surface area contributed by atoms with E-state index in [0.717, 1.165) is 22.3 Å². The van der Waals surface area contributed by atoms with Crippen LogP contribution in [0, 0.1) is 0 Å². The van der Waals surface area contributed by atoms with Gasteiger partial charge in [-0.1, -0.05) is 25.3 Å². The SMILES string of the molecule is C=C/C=C(\C=C/N)CN1C=C(Br)C=CC1=C. The molecule has 0 fully saturated rings. The molecule has 0 saturated heterocycles. The maximum atomic E-state index is 5.39. The minimum Gasteiger partial charge on any atom is -0.405 e. The summed E-state index contributed by atoms with van der Waals surface area (Å²) in [4.78, 5) is 2.04. The van der Waals surface area contributed by atoms with Crippen molar-refractivity contribution in [3.8, 4) is 0 Å². The van der Waals surface area contributed by atoms with Gasteiger partial charge in [-0.2, -0.15) is 0 Å². The van der Waals surface area contributed by atoms with E-state index in [1.807, 2.05) is 35.4 Å². The van der Waals surface area contributed by atoms with Crippen LogP contribution >= 0.6 is 15.9 Å². The van der Waals surface area contributed by atoms with Crippen molar-refractivity contribution < 1.29 is 0 Å². The van der Waals surface area contributed by atoms with Crippen molar-refractivity contribution in [3.05, 3.63) is 71.7 Å². The van der Waals surface area contributed by atoms with E-state index >= 15 is 0 Å². The Hall–Kier alpha value is -1.48. The highest BCUT2D eigenvalue weighted by atomic mass is 79.9. The van der Waals surface area contributed by atoms with Gasteiger partial charge in [0, 0.05) is 22.9 Å². The Morgan fingerprint density at radius 3 is 2.88 bits per heavy atom. The molecule has 0 aliphatic carbocycles. The van der Waals surface area contributed by atoms with Gasteiger partial charge >= 0.3 is 0 Å². The van der Waals surface area contributed by atoms with Crippen molar-refractivity contribution in [2.75, 3.05) is 6.54 Å². The van der Waals surface area contributed by atoms with E-state index in [2.05, 4.69) is 29.1 Å². The molecule has 0 bridgehead atoms. The third-order valence-corrected chi connectivity index (χ3v) is 2.55. The van der Waals surface area contributed by atoms with Crippen molar-refractivity contribution in [2.45, 2.75) is 0 Å². The lowest BCUT2D eigenvalue weighted by atomic mass is 10.2. The summed E-state index contributed by atoms with van der Waals surface area (Å²) < 4.78 is 1.02. The highest BCUT2D eigenvalue weighted by Gasteiger charge is 2.08. The fourth-order valence-corrected chi connectivity index (χ4v) is 1.71. The average Bonchev–Trinajstić information content (AvgIpc) is 2.24. The zero-order valence-corrected chi connectivity index (χ0v) is 10.7. The van der Waals surface area contributed by atoms with E-state index < -0.39 is 0 Å². The number of allylic oxidation sites excluding steroid dienone is 5. The standard InChI is InChI=1S/C13H15BrN2/c1-3-4-12(7-8-15)9-16-10-13(14)6-5-11(16)2/h3-8,10H,1-2,9,15H2/b8-7-,12-4+. The molecule has 0 spiro atoms. The minimum absolute atomic E-state index is 0.720. The molecule has 0 amide bonds. The summed E-state index contributed by atoms with van der Waals surface area (Å²) in [6.07, 6.45) is 13.0. The van der Waals surface area contributed by atoms with E-state index in [4.69, 9.17) is 5.73 Å². The van der Waals surface area contributed by atoms with Crippen LogP contribution in [-0.2, 0) is 0 Å². The van der Waals surface area contributed by atoms with Crippen LogP contribution in [0.5, 0.6) is 0 Å². The van der Waals surface area contributed by atoms with Crippen molar-refractivity contribution in [3.63, 3.8) is 0 Å². The Labute approximate surface area is 105 Å². The first-order valence-electron chi connectivity index (χ1n) is 4.88. The summed E-state index contributed by atoms with van der Waals surface area (Å²) >= 11 is 3.43. The fourth-order valence-electron chi connectivity index (χ4n) is 1.33. The van der Waals surface area contributed by atoms with Gasteiger partial charge in [0.1, 0.15) is 0 Å². The summed E-state index contributed by atoms with van der Waals surface area (Å²) in [5.41, 5.74) is 7.41. The number of nitrogens with two attached hydrogens (primary N) is 1. The Morgan fingerprint density at radius 1 is 1.50 bits per heavy atom. The van der Waals surface area contributed by atoms with Crippen molar-refractivity contribution >= 4 is 15.9 Å². The fraction of sp³-hybridized carbons (Fsp3) is 0.0769. The first kappa shape index (κ1) is 12.6. The van der Waals surface area contributed by atoms with E-state index in [0.29, 0.717) is 0 Å². The predicted molar refractivity (Wildman–Crippen MR) is 73.6 cm³/mol. The molecule has 0 unspecified atom stereocenters. The highest BCUT2D eigenvalue weighted by molar-refractivity contribution is 9.11. The van der Waals surface area contributed by atoms with Gasteiger partial charge in [0.2, 0.25) is 0 Å². The largest absolute Gasteiger partial charge is 0.405 e. The van der Waals surface area contributed by atoms with Gasteiger partial charge in [0.25, 0.3) is 0 Å². The molecular formula is C13H15BrN2. The van der Waals surface area contributed by atoms with Crippen LogP contribution in [0.2, 0.25) is 0 Å². The van der Waals surface area contributed by atoms with Crippen molar-refractivity contribution in [1.82, 2.24) is 4.90 Å². The Bertz CT molecular complexity index is 400. The Kier molecular flexibility index (Phi) is 4.86. The lowest BCUT2D eigenvalue weighted by molar-refractivity contribution is 0.522. The van der Waals surface area contributed by atoms with Crippen molar-refractivity contribution in [2.24, 2.45) is 5.73 Å². The molecule has 1 aliphatic heterocycles. The zero-order valence-electron chi connectivity index (χ0n) is 9.07. The zero-order chi connectivity index (χ0) is 12.0. The molecule has 0 atom stereocenters. The van der Waals surface area contributed by atoms with E-state index in [1.54, 1.807) is 6.08 Å². The number of rotatable bonds is 4. The normalized spacial score (nSPS) is 16.8. The Balaban J connectivity index is 2.79. The number of nitrogens with zero attached hydrogens (tertiary/aromatic N) is 1. The van der Waals surface area contributed by atoms with E-state index in [9.17, 15) is 0 Å². The van der Waals surface area contributed by atoms with E-state index in [-0.39, 0.29) is 0 Å². The molecule has 3 heteroatoms. The van der Waals surface area contributed by atoms with Gasteiger partial charge in [-0.25, -0.2) is 0 Å². The summed E-state index contributed by atoms with van der Waals surface area (Å²) in [7, 11) is 0. The second-order valence-electron chi connectivity index (χ2n) is 3.30. The highest BCUT2D eigenvalue weighted by Crippen LogP contribution is 2.20. The van der Waals surface area contributed by atoms with Gasteiger partial charge in [0.15, 0.2) is 0 Å². The molecule has 0 aromatic rings. The predicted octanol–water partition coefficient (Wildman–Crippen LogP) is 3.19. The van der Waals surface area contributed by atoms with Gasteiger partial charge in [-0.3, -0.25) is 0 Å². The average molecular weight is 279 g/mol. The number of hydrogen-bond acceptors (Lipinski definition) is 2. The topological polar surface area (TPSA) is 29.3 Å². The monoisotopic (exact) mass is 278 g/mol. The second kappa shape index (κ2) is 6.18. The van der Waals surface area contributed by atoms with Crippen LogP contribution in [0.1, 0.15) is 0 Å². The van der Waals surface area contributed by atoms with Gasteiger partial charge in [-0.15, -0.1) is 0 Å². The van der Waals surface area contributed by atoms with Crippen LogP contribution in [0.15, 0.2) is 71.7 Å². The quantitative estimate of drug-likeness (QED) is 0.801. The molecule has 2 nitrogen and oxygen atoms in total. The first-order chi connectivity index (χ1) is 7.67. The molecule has 0 radical (unpaired) electrons. The molecule has 16 heavy (non-hydrogen) atoms. The molecule has 2 N–H and O–H groups in total. The molecule has 1 heterocycles. The molecular weight excluding hydrogens is 264 g/mol. The van der Waals surface area contributed by atoms with Crippen LogP contribution in [0.4, 0.5) is 0 Å². The molecule has 0 aromatic carbocycles. The lowest BCUT2D eigenvalue weighted by Crippen LogP contribution is -2.19. The molecule has 84 valence electrons. The van der Waals surface area contributed by atoms with Gasteiger partial charge < -0.3 is 10.6 Å². The van der Waals surface area contributed by atoms with Crippen LogP contribution in [0.25, 0.3) is 0 Å². The van der Waals surface area contributed by atoms with E-state index in [1.165, 1.54) is 6.20 Å². The molecule has 0 saturated carbocycles. The summed E-state index contributed by atoms with van der Waals surface area (Å²) in [5, 5.41) is 0. The van der Waals surface area contributed by atoms with Gasteiger partial charge in [-0.05, 0) is 45.9 Å². The summed E-state index contributed by atoms with van der Waals surface area (Å²) in [6.45, 7) is 8.37. The second-order valence-corrected chi connectivity index (χ2v) is 4.22. The molecule has 0 aromatic heterocycles. The van der Waals surface area contributed by atoms with Crippen LogP contribution in [-0.4, -0.2) is 11.4 Å². The number of hydrogen-bond donors (Lipinski definition) is 1. The lowest BCUT2D eigenvalue weighted by Gasteiger charge is -2.24. The first-order valence-corrected chi connectivity index (χ1v) is 5.67. The van der Waals surface area contributed by atoms with Gasteiger partial charge in [0.05, 0.1) is 0 Å². The van der Waals surface area contributed by atoms with Crippen molar-refractivity contribution in [1.29, 1.82) is 0 Å². The smallest absolute Gasteiger partial charge is 0.0476 e. The molecule has 1 rings (SSSR count). The Morgan fingerprint density at radius 2 is 2.25 bits per heavy atom. The summed E-state index contributed by atoms with van der Waals surface area (Å²) in [6, 6.07) is 0. The molecule has 1 aliphatic rings.